The lowest BCUT2D eigenvalue weighted by Crippen LogP contribution is -2.52. The molecule has 1 fully saturated rings. The van der Waals surface area contributed by atoms with Crippen molar-refractivity contribution >= 4 is 16.8 Å². The van der Waals surface area contributed by atoms with Crippen LogP contribution in [0.5, 0.6) is 0 Å². The van der Waals surface area contributed by atoms with Crippen LogP contribution in [0.15, 0.2) is 0 Å². The predicted molar refractivity (Wildman–Crippen MR) is 68.7 cm³/mol. The first kappa shape index (κ1) is 17.2. The van der Waals surface area contributed by atoms with Gasteiger partial charge >= 0.3 is 11.5 Å². The third-order valence-electron chi connectivity index (χ3n) is 2.89. The fraction of sp³-hybridized carbons (Fsp3) is 0.909. The number of morpholine rings is 1. The summed E-state index contributed by atoms with van der Waals surface area (Å²) < 4.78 is 52.5. The molecule has 1 rings (SSSR count). The van der Waals surface area contributed by atoms with Gasteiger partial charge in [-0.3, -0.25) is 4.21 Å². The minimum absolute atomic E-state index is 0.0613. The number of hydrogen-bond acceptors (Lipinski definition) is 3. The molecule has 1 aliphatic heterocycles. The highest BCUT2D eigenvalue weighted by molar-refractivity contribution is 7.85. The van der Waals surface area contributed by atoms with Gasteiger partial charge in [0.15, 0.2) is 0 Å². The van der Waals surface area contributed by atoms with Crippen molar-refractivity contribution in [3.05, 3.63) is 0 Å². The van der Waals surface area contributed by atoms with E-state index >= 15 is 0 Å². The Balaban J connectivity index is 2.37. The highest BCUT2D eigenvalue weighted by atomic mass is 32.2. The van der Waals surface area contributed by atoms with E-state index in [4.69, 9.17) is 4.74 Å². The van der Waals surface area contributed by atoms with Gasteiger partial charge in [-0.1, -0.05) is 6.92 Å². The lowest BCUT2D eigenvalue weighted by molar-refractivity contribution is -0.0645. The smallest absolute Gasteiger partial charge is 0.372 e. The van der Waals surface area contributed by atoms with Crippen LogP contribution in [0, 0.1) is 0 Å². The molecule has 0 bridgehead atoms. The molecule has 118 valence electrons. The molecule has 2 amide bonds. The Morgan fingerprint density at radius 3 is 2.65 bits per heavy atom. The van der Waals surface area contributed by atoms with Crippen LogP contribution >= 0.6 is 0 Å². The van der Waals surface area contributed by atoms with Crippen LogP contribution < -0.4 is 5.32 Å². The van der Waals surface area contributed by atoms with Crippen LogP contribution in [-0.2, 0) is 15.5 Å². The maximum Gasteiger partial charge on any atom is 0.471 e. The molecule has 1 aliphatic rings. The minimum atomic E-state index is -4.73. The molecule has 0 aromatic heterocycles. The van der Waals surface area contributed by atoms with Gasteiger partial charge in [0.05, 0.1) is 12.2 Å². The third-order valence-corrected chi connectivity index (χ3v) is 3.98. The molecule has 5 nitrogen and oxygen atoms in total. The zero-order valence-corrected chi connectivity index (χ0v) is 12.2. The molecular formula is C11H19F3N2O3S. The van der Waals surface area contributed by atoms with Gasteiger partial charge in [-0.25, -0.2) is 4.79 Å². The monoisotopic (exact) mass is 316 g/mol. The second-order valence-electron chi connectivity index (χ2n) is 4.61. The minimum Gasteiger partial charge on any atom is -0.372 e. The molecular weight excluding hydrogens is 297 g/mol. The lowest BCUT2D eigenvalue weighted by Gasteiger charge is -2.36. The Morgan fingerprint density at radius 2 is 2.10 bits per heavy atom. The zero-order chi connectivity index (χ0) is 15.3. The normalized spacial score (nSPS) is 25.4. The quantitative estimate of drug-likeness (QED) is 0.854. The first-order chi connectivity index (χ1) is 9.24. The topological polar surface area (TPSA) is 58.6 Å². The number of nitrogens with one attached hydrogen (secondary N) is 1. The van der Waals surface area contributed by atoms with E-state index in [2.05, 4.69) is 5.32 Å². The van der Waals surface area contributed by atoms with Crippen molar-refractivity contribution in [1.29, 1.82) is 0 Å². The number of ether oxygens (including phenoxy) is 1. The molecule has 3 unspecified atom stereocenters. The van der Waals surface area contributed by atoms with Crippen molar-refractivity contribution in [2.24, 2.45) is 0 Å². The molecule has 0 aromatic rings. The van der Waals surface area contributed by atoms with Gasteiger partial charge in [-0.2, -0.15) is 13.2 Å². The molecule has 0 aliphatic carbocycles. The summed E-state index contributed by atoms with van der Waals surface area (Å²) in [5.41, 5.74) is -4.73. The lowest BCUT2D eigenvalue weighted by atomic mass is 10.2. The van der Waals surface area contributed by atoms with Crippen molar-refractivity contribution in [3.63, 3.8) is 0 Å². The predicted octanol–water partition coefficient (Wildman–Crippen LogP) is 1.46. The van der Waals surface area contributed by atoms with Gasteiger partial charge in [0.25, 0.3) is 0 Å². The second-order valence-corrected chi connectivity index (χ2v) is 6.17. The first-order valence-corrected chi connectivity index (χ1v) is 7.69. The van der Waals surface area contributed by atoms with E-state index in [0.717, 1.165) is 6.42 Å². The molecule has 9 heteroatoms. The van der Waals surface area contributed by atoms with Gasteiger partial charge in [-0.05, 0) is 13.3 Å². The average molecular weight is 316 g/mol. The van der Waals surface area contributed by atoms with Gasteiger partial charge < -0.3 is 15.0 Å². The van der Waals surface area contributed by atoms with E-state index in [1.54, 1.807) is 0 Å². The Bertz CT molecular complexity index is 365. The number of rotatable bonds is 4. The van der Waals surface area contributed by atoms with Crippen LogP contribution in [0.4, 0.5) is 18.0 Å². The maximum atomic E-state index is 12.0. The number of alkyl halides is 3. The van der Waals surface area contributed by atoms with Crippen molar-refractivity contribution in [1.82, 2.24) is 10.2 Å². The number of amides is 2. The summed E-state index contributed by atoms with van der Waals surface area (Å²) in [5, 5.41) is 2.36. The Labute approximate surface area is 118 Å². The van der Waals surface area contributed by atoms with Crippen LogP contribution in [0.3, 0.4) is 0 Å². The largest absolute Gasteiger partial charge is 0.471 e. The van der Waals surface area contributed by atoms with E-state index in [9.17, 15) is 22.2 Å². The number of urea groups is 1. The van der Waals surface area contributed by atoms with Gasteiger partial charge in [0, 0.05) is 25.4 Å². The summed E-state index contributed by atoms with van der Waals surface area (Å²) in [4.78, 5) is 13.3. The zero-order valence-electron chi connectivity index (χ0n) is 11.4. The Morgan fingerprint density at radius 1 is 1.45 bits per heavy atom. The van der Waals surface area contributed by atoms with E-state index in [1.807, 2.05) is 13.8 Å². The summed E-state index contributed by atoms with van der Waals surface area (Å²) in [6.45, 7) is 4.30. The fourth-order valence-electron chi connectivity index (χ4n) is 1.91. The molecule has 0 radical (unpaired) electrons. The Kier molecular flexibility index (Phi) is 6.25. The average Bonchev–Trinajstić information content (AvgIpc) is 2.36. The molecule has 0 saturated carbocycles. The molecule has 3 atom stereocenters. The van der Waals surface area contributed by atoms with Crippen LogP contribution in [0.2, 0.25) is 0 Å². The van der Waals surface area contributed by atoms with Crippen molar-refractivity contribution in [2.45, 2.75) is 38.0 Å². The third kappa shape index (κ3) is 5.28. The Hall–Kier alpha value is -0.830. The van der Waals surface area contributed by atoms with Crippen molar-refractivity contribution in [3.8, 4) is 0 Å². The van der Waals surface area contributed by atoms with Crippen LogP contribution in [-0.4, -0.2) is 58.2 Å². The van der Waals surface area contributed by atoms with Gasteiger partial charge in [0.2, 0.25) is 0 Å². The molecule has 1 saturated heterocycles. The van der Waals surface area contributed by atoms with Crippen molar-refractivity contribution < 1.29 is 26.9 Å². The number of carbonyl (C=O) groups excluding carboxylic acids is 1. The number of hydrogen-bond donors (Lipinski definition) is 1. The van der Waals surface area contributed by atoms with Crippen molar-refractivity contribution in [2.75, 3.05) is 25.4 Å². The standard InChI is InChI=1S/C11H19F3N2O3S/c1-3-9-7-16(6-8(2)19-9)10(17)15-4-5-20(18)11(12,13)14/h8-9H,3-7H2,1-2H3,(H,15,17). The maximum absolute atomic E-state index is 12.0. The molecule has 1 N–H and O–H groups in total. The number of halogens is 3. The summed E-state index contributed by atoms with van der Waals surface area (Å²) in [7, 11) is -2.93. The van der Waals surface area contributed by atoms with Crippen LogP contribution in [0.25, 0.3) is 0 Å². The second kappa shape index (κ2) is 7.26. The van der Waals surface area contributed by atoms with E-state index in [1.165, 1.54) is 4.90 Å². The molecule has 20 heavy (non-hydrogen) atoms. The summed E-state index contributed by atoms with van der Waals surface area (Å²) >= 11 is 0. The fourth-order valence-corrected chi connectivity index (χ4v) is 2.43. The molecule has 1 heterocycles. The first-order valence-electron chi connectivity index (χ1n) is 6.37. The van der Waals surface area contributed by atoms with Gasteiger partial charge in [0.1, 0.15) is 10.8 Å². The van der Waals surface area contributed by atoms with E-state index in [0.29, 0.717) is 13.1 Å². The molecule has 0 spiro atoms. The van der Waals surface area contributed by atoms with E-state index < -0.39 is 28.1 Å². The number of nitrogens with zero attached hydrogens (tertiary/aromatic N) is 1. The highest BCUT2D eigenvalue weighted by Gasteiger charge is 2.36. The molecule has 0 aromatic carbocycles. The number of carbonyl (C=O) groups is 1. The van der Waals surface area contributed by atoms with Gasteiger partial charge in [-0.15, -0.1) is 0 Å². The highest BCUT2D eigenvalue weighted by Crippen LogP contribution is 2.19. The summed E-state index contributed by atoms with van der Waals surface area (Å²) in [6, 6.07) is -0.447. The summed E-state index contributed by atoms with van der Waals surface area (Å²) in [6.07, 6.45) is 0.587. The SMILES string of the molecule is CCC1CN(C(=O)NCCS(=O)C(F)(F)F)CC(C)O1. The summed E-state index contributed by atoms with van der Waals surface area (Å²) in [5.74, 6) is -0.633. The van der Waals surface area contributed by atoms with Crippen LogP contribution in [0.1, 0.15) is 20.3 Å². The van der Waals surface area contributed by atoms with E-state index in [-0.39, 0.29) is 18.8 Å².